The summed E-state index contributed by atoms with van der Waals surface area (Å²) in [6.45, 7) is 5.31. The molecule has 168 valence electrons. The quantitative estimate of drug-likeness (QED) is 0.211. The average Bonchev–Trinajstić information content (AvgIpc) is 3.40. The smallest absolute Gasteiger partial charge is 0.222 e. The molecule has 1 atom stereocenters. The second-order valence-corrected chi connectivity index (χ2v) is 7.60. The highest BCUT2D eigenvalue weighted by atomic mass is 127. The molecule has 2 heterocycles. The topological polar surface area (TPSA) is 75.2 Å². The van der Waals surface area contributed by atoms with Crippen molar-refractivity contribution in [3.8, 4) is 0 Å². The first-order valence-electron chi connectivity index (χ1n) is 10.7. The molecule has 0 radical (unpaired) electrons. The number of benzene rings is 1. The number of ether oxygens (including phenoxy) is 2. The van der Waals surface area contributed by atoms with E-state index in [9.17, 15) is 4.79 Å². The lowest BCUT2D eigenvalue weighted by Gasteiger charge is -2.19. The number of nitrogens with zero attached hydrogens (tertiary/aromatic N) is 2. The Morgan fingerprint density at radius 3 is 2.80 bits per heavy atom. The van der Waals surface area contributed by atoms with Crippen LogP contribution in [0.25, 0.3) is 0 Å². The molecule has 1 aromatic carbocycles. The van der Waals surface area contributed by atoms with Gasteiger partial charge in [0, 0.05) is 52.9 Å². The summed E-state index contributed by atoms with van der Waals surface area (Å²) in [5.74, 6) is 1.03. The van der Waals surface area contributed by atoms with Crippen LogP contribution in [0.2, 0.25) is 0 Å². The Balaban J connectivity index is 0.00000320. The zero-order valence-corrected chi connectivity index (χ0v) is 20.2. The van der Waals surface area contributed by atoms with Gasteiger partial charge in [-0.05, 0) is 36.8 Å². The summed E-state index contributed by atoms with van der Waals surface area (Å²) < 4.78 is 11.2. The van der Waals surface area contributed by atoms with Crippen molar-refractivity contribution >= 4 is 35.8 Å². The number of amides is 1. The second-order valence-electron chi connectivity index (χ2n) is 7.60. The lowest BCUT2D eigenvalue weighted by molar-refractivity contribution is -0.128. The third-order valence-corrected chi connectivity index (χ3v) is 5.41. The molecule has 30 heavy (non-hydrogen) atoms. The van der Waals surface area contributed by atoms with Gasteiger partial charge in [-0.3, -0.25) is 9.79 Å². The van der Waals surface area contributed by atoms with Gasteiger partial charge in [0.05, 0.1) is 12.7 Å². The van der Waals surface area contributed by atoms with Crippen LogP contribution in [0, 0.1) is 0 Å². The van der Waals surface area contributed by atoms with E-state index < -0.39 is 0 Å². The van der Waals surface area contributed by atoms with Gasteiger partial charge in [-0.15, -0.1) is 24.0 Å². The fourth-order valence-corrected chi connectivity index (χ4v) is 3.73. The maximum absolute atomic E-state index is 11.9. The number of likely N-dealkylation sites (tertiary alicyclic amines) is 1. The van der Waals surface area contributed by atoms with Crippen molar-refractivity contribution in [2.24, 2.45) is 4.99 Å². The molecular weight excluding hydrogens is 495 g/mol. The van der Waals surface area contributed by atoms with Gasteiger partial charge < -0.3 is 25.0 Å². The predicted molar refractivity (Wildman–Crippen MR) is 129 cm³/mol. The van der Waals surface area contributed by atoms with Crippen molar-refractivity contribution in [1.82, 2.24) is 15.5 Å². The SMILES string of the molecule is CN=C(NCCCOCC1CCCO1)NCc1ccccc1CN1CCCC1=O.I. The molecular formula is C22H35IN4O3. The highest BCUT2D eigenvalue weighted by Crippen LogP contribution is 2.17. The number of hydrogen-bond acceptors (Lipinski definition) is 4. The number of rotatable bonds is 10. The average molecular weight is 530 g/mol. The summed E-state index contributed by atoms with van der Waals surface area (Å²) in [5, 5.41) is 6.70. The standard InChI is InChI=1S/C22H34N4O3.HI/c1-23-22(24-11-6-13-28-17-20-9-5-14-29-20)25-15-18-7-2-3-8-19(18)16-26-12-4-10-21(26)27;/h2-3,7-8,20H,4-6,9-17H2,1H3,(H2,23,24,25);1H. The van der Waals surface area contributed by atoms with Crippen molar-refractivity contribution < 1.29 is 14.3 Å². The normalized spacial score (nSPS) is 19.1. The fraction of sp³-hybridized carbons (Fsp3) is 0.636. The molecule has 3 rings (SSSR count). The molecule has 1 unspecified atom stereocenters. The number of nitrogens with one attached hydrogen (secondary N) is 2. The third-order valence-electron chi connectivity index (χ3n) is 5.41. The highest BCUT2D eigenvalue weighted by molar-refractivity contribution is 14.0. The highest BCUT2D eigenvalue weighted by Gasteiger charge is 2.20. The molecule has 0 spiro atoms. The number of halogens is 1. The molecule has 1 aromatic rings. The first-order chi connectivity index (χ1) is 14.3. The first kappa shape index (κ1) is 24.9. The van der Waals surface area contributed by atoms with Gasteiger partial charge >= 0.3 is 0 Å². The molecule has 2 aliphatic heterocycles. The van der Waals surface area contributed by atoms with E-state index >= 15 is 0 Å². The summed E-state index contributed by atoms with van der Waals surface area (Å²) in [7, 11) is 1.78. The molecule has 0 aliphatic carbocycles. The Labute approximate surface area is 197 Å². The van der Waals surface area contributed by atoms with Crippen molar-refractivity contribution in [1.29, 1.82) is 0 Å². The summed E-state index contributed by atoms with van der Waals surface area (Å²) in [4.78, 5) is 18.2. The summed E-state index contributed by atoms with van der Waals surface area (Å²) in [6, 6.07) is 8.27. The van der Waals surface area contributed by atoms with Crippen molar-refractivity contribution in [3.63, 3.8) is 0 Å². The molecule has 2 fully saturated rings. The predicted octanol–water partition coefficient (Wildman–Crippen LogP) is 2.68. The van der Waals surface area contributed by atoms with Crippen LogP contribution in [-0.2, 0) is 27.4 Å². The number of hydrogen-bond donors (Lipinski definition) is 2. The van der Waals surface area contributed by atoms with Gasteiger partial charge in [-0.25, -0.2) is 0 Å². The molecule has 2 N–H and O–H groups in total. The third kappa shape index (κ3) is 8.03. The fourth-order valence-electron chi connectivity index (χ4n) is 3.73. The van der Waals surface area contributed by atoms with Gasteiger partial charge in [0.1, 0.15) is 0 Å². The van der Waals surface area contributed by atoms with Crippen LogP contribution >= 0.6 is 24.0 Å². The maximum Gasteiger partial charge on any atom is 0.222 e. The van der Waals surface area contributed by atoms with Gasteiger partial charge in [0.25, 0.3) is 0 Å². The first-order valence-corrected chi connectivity index (χ1v) is 10.7. The molecule has 0 bridgehead atoms. The number of aliphatic imine (C=N–C) groups is 1. The minimum absolute atomic E-state index is 0. The number of carbonyl (C=O) groups excluding carboxylic acids is 1. The van der Waals surface area contributed by atoms with Gasteiger partial charge in [0.2, 0.25) is 5.91 Å². The zero-order valence-electron chi connectivity index (χ0n) is 17.9. The van der Waals surface area contributed by atoms with E-state index in [0.29, 0.717) is 26.1 Å². The van der Waals surface area contributed by atoms with Crippen LogP contribution in [-0.4, -0.2) is 62.8 Å². The molecule has 0 aromatic heterocycles. The lowest BCUT2D eigenvalue weighted by atomic mass is 10.1. The molecule has 0 saturated carbocycles. The van der Waals surface area contributed by atoms with Crippen LogP contribution in [0.5, 0.6) is 0 Å². The molecule has 2 aliphatic rings. The number of carbonyl (C=O) groups is 1. The summed E-state index contributed by atoms with van der Waals surface area (Å²) >= 11 is 0. The number of guanidine groups is 1. The Morgan fingerprint density at radius 1 is 1.27 bits per heavy atom. The van der Waals surface area contributed by atoms with Crippen molar-refractivity contribution in [2.75, 3.05) is 40.0 Å². The van der Waals surface area contributed by atoms with Crippen LogP contribution < -0.4 is 10.6 Å². The molecule has 2 saturated heterocycles. The Morgan fingerprint density at radius 2 is 2.10 bits per heavy atom. The van der Waals surface area contributed by atoms with E-state index in [-0.39, 0.29) is 36.0 Å². The van der Waals surface area contributed by atoms with Crippen LogP contribution in [0.1, 0.15) is 43.2 Å². The lowest BCUT2D eigenvalue weighted by Crippen LogP contribution is -2.38. The Kier molecular flexibility index (Phi) is 11.5. The maximum atomic E-state index is 11.9. The molecule has 7 nitrogen and oxygen atoms in total. The Bertz CT molecular complexity index is 680. The summed E-state index contributed by atoms with van der Waals surface area (Å²) in [6.07, 6.45) is 5.10. The van der Waals surface area contributed by atoms with E-state index in [1.54, 1.807) is 7.05 Å². The minimum atomic E-state index is 0. The van der Waals surface area contributed by atoms with E-state index in [1.807, 2.05) is 17.0 Å². The Hall–Kier alpha value is -1.39. The van der Waals surface area contributed by atoms with Crippen molar-refractivity contribution in [2.45, 2.75) is 51.3 Å². The van der Waals surface area contributed by atoms with Crippen molar-refractivity contribution in [3.05, 3.63) is 35.4 Å². The zero-order chi connectivity index (χ0) is 20.3. The largest absolute Gasteiger partial charge is 0.379 e. The minimum Gasteiger partial charge on any atom is -0.379 e. The molecule has 8 heteroatoms. The van der Waals surface area contributed by atoms with Crippen LogP contribution in [0.4, 0.5) is 0 Å². The van der Waals surface area contributed by atoms with Gasteiger partial charge in [-0.1, -0.05) is 24.3 Å². The van der Waals surface area contributed by atoms with Crippen LogP contribution in [0.3, 0.4) is 0 Å². The van der Waals surface area contributed by atoms with E-state index in [0.717, 1.165) is 57.9 Å². The summed E-state index contributed by atoms with van der Waals surface area (Å²) in [5.41, 5.74) is 2.38. The second kappa shape index (κ2) is 13.8. The van der Waals surface area contributed by atoms with E-state index in [4.69, 9.17) is 9.47 Å². The van der Waals surface area contributed by atoms with Crippen LogP contribution in [0.15, 0.2) is 29.3 Å². The monoisotopic (exact) mass is 530 g/mol. The van der Waals surface area contributed by atoms with E-state index in [2.05, 4.69) is 27.8 Å². The van der Waals surface area contributed by atoms with Gasteiger partial charge in [0.15, 0.2) is 5.96 Å². The van der Waals surface area contributed by atoms with E-state index in [1.165, 1.54) is 11.1 Å². The van der Waals surface area contributed by atoms with Gasteiger partial charge in [-0.2, -0.15) is 0 Å². The molecule has 1 amide bonds.